The molecule has 3 nitrogen and oxygen atoms in total. The largest absolute Gasteiger partial charge is 0.343 e. The fourth-order valence-electron chi connectivity index (χ4n) is 1.80. The van der Waals surface area contributed by atoms with Crippen molar-refractivity contribution in [2.45, 2.75) is 12.2 Å². The van der Waals surface area contributed by atoms with Gasteiger partial charge in [-0.25, -0.2) is 4.39 Å². The zero-order chi connectivity index (χ0) is 10.7. The summed E-state index contributed by atoms with van der Waals surface area (Å²) in [6, 6.07) is 6.16. The molecule has 0 amide bonds. The second-order valence-electron chi connectivity index (χ2n) is 3.50. The number of hydrogen-bond acceptors (Lipinski definition) is 3. The minimum atomic E-state index is -0.761. The Labute approximate surface area is 88.0 Å². The van der Waals surface area contributed by atoms with Gasteiger partial charge in [-0.2, -0.15) is 0 Å². The summed E-state index contributed by atoms with van der Waals surface area (Å²) >= 11 is 0. The molecule has 4 heteroatoms. The van der Waals surface area contributed by atoms with E-state index in [1.54, 1.807) is 12.1 Å². The molecule has 2 N–H and O–H groups in total. The number of rotatable bonds is 3. The van der Waals surface area contributed by atoms with Crippen LogP contribution in [0.15, 0.2) is 24.3 Å². The summed E-state index contributed by atoms with van der Waals surface area (Å²) in [6.45, 7) is 1.58. The van der Waals surface area contributed by atoms with Gasteiger partial charge in [0.25, 0.3) is 0 Å². The van der Waals surface area contributed by atoms with Crippen LogP contribution in [0, 0.1) is 5.82 Å². The molecule has 1 aromatic carbocycles. The molecule has 0 atom stereocenters. The molecule has 0 aliphatic carbocycles. The van der Waals surface area contributed by atoms with Crippen LogP contribution in [-0.2, 0) is 15.3 Å². The van der Waals surface area contributed by atoms with Gasteiger partial charge in [0.05, 0.1) is 13.2 Å². The van der Waals surface area contributed by atoms with E-state index < -0.39 is 5.79 Å². The number of hydrogen-bond donors (Lipinski definition) is 1. The number of ether oxygens (including phenoxy) is 2. The first-order valence-electron chi connectivity index (χ1n) is 5.01. The summed E-state index contributed by atoms with van der Waals surface area (Å²) in [5, 5.41) is 0. The van der Waals surface area contributed by atoms with Gasteiger partial charge in [0.1, 0.15) is 5.82 Å². The Morgan fingerprint density at radius 2 is 1.80 bits per heavy atom. The number of halogens is 1. The molecule has 0 spiro atoms. The van der Waals surface area contributed by atoms with Gasteiger partial charge < -0.3 is 15.2 Å². The topological polar surface area (TPSA) is 44.5 Å². The third-order valence-corrected chi connectivity index (χ3v) is 2.51. The van der Waals surface area contributed by atoms with E-state index in [0.29, 0.717) is 26.2 Å². The highest BCUT2D eigenvalue weighted by Gasteiger charge is 2.37. The molecule has 1 aliphatic heterocycles. The van der Waals surface area contributed by atoms with Gasteiger partial charge in [-0.3, -0.25) is 0 Å². The van der Waals surface area contributed by atoms with Crippen LogP contribution in [0.2, 0.25) is 0 Å². The average Bonchev–Trinajstić information content (AvgIpc) is 2.69. The van der Waals surface area contributed by atoms with Crippen molar-refractivity contribution in [3.63, 3.8) is 0 Å². The quantitative estimate of drug-likeness (QED) is 0.821. The monoisotopic (exact) mass is 211 g/mol. The van der Waals surface area contributed by atoms with E-state index in [9.17, 15) is 4.39 Å². The minimum absolute atomic E-state index is 0.264. The van der Waals surface area contributed by atoms with Crippen LogP contribution < -0.4 is 5.73 Å². The van der Waals surface area contributed by atoms with Crippen molar-refractivity contribution in [3.8, 4) is 0 Å². The molecule has 2 rings (SSSR count). The molecular weight excluding hydrogens is 197 g/mol. The molecule has 0 saturated carbocycles. The van der Waals surface area contributed by atoms with Crippen molar-refractivity contribution in [1.82, 2.24) is 0 Å². The molecule has 1 fully saturated rings. The summed E-state index contributed by atoms with van der Waals surface area (Å²) in [5.41, 5.74) is 6.35. The summed E-state index contributed by atoms with van der Waals surface area (Å²) in [7, 11) is 0. The van der Waals surface area contributed by atoms with E-state index in [1.807, 2.05) is 0 Å². The Balaban J connectivity index is 2.28. The maximum Gasteiger partial charge on any atom is 0.196 e. The van der Waals surface area contributed by atoms with Gasteiger partial charge in [0.2, 0.25) is 0 Å². The fourth-order valence-corrected chi connectivity index (χ4v) is 1.80. The first kappa shape index (κ1) is 10.5. The van der Waals surface area contributed by atoms with Crippen LogP contribution >= 0.6 is 0 Å². The van der Waals surface area contributed by atoms with E-state index in [-0.39, 0.29) is 5.82 Å². The van der Waals surface area contributed by atoms with Gasteiger partial charge in [0, 0.05) is 12.0 Å². The molecular formula is C11H14FNO2. The summed E-state index contributed by atoms with van der Waals surface area (Å²) in [6.07, 6.45) is 0.582. The van der Waals surface area contributed by atoms with Crippen LogP contribution in [0.25, 0.3) is 0 Å². The SMILES string of the molecule is NCCC1(c2ccc(F)cc2)OCCO1. The average molecular weight is 211 g/mol. The van der Waals surface area contributed by atoms with Gasteiger partial charge in [-0.1, -0.05) is 12.1 Å². The molecule has 0 bridgehead atoms. The van der Waals surface area contributed by atoms with Gasteiger partial charge in [0.15, 0.2) is 5.79 Å². The van der Waals surface area contributed by atoms with E-state index in [1.165, 1.54) is 12.1 Å². The first-order chi connectivity index (χ1) is 7.27. The Morgan fingerprint density at radius 1 is 1.20 bits per heavy atom. The lowest BCUT2D eigenvalue weighted by molar-refractivity contribution is -0.168. The third-order valence-electron chi connectivity index (χ3n) is 2.51. The lowest BCUT2D eigenvalue weighted by Gasteiger charge is -2.27. The zero-order valence-corrected chi connectivity index (χ0v) is 8.41. The Bertz CT molecular complexity index is 320. The van der Waals surface area contributed by atoms with Crippen LogP contribution in [0.3, 0.4) is 0 Å². The van der Waals surface area contributed by atoms with Crippen LogP contribution in [0.1, 0.15) is 12.0 Å². The summed E-state index contributed by atoms with van der Waals surface area (Å²) in [4.78, 5) is 0. The molecule has 1 heterocycles. The molecule has 0 radical (unpaired) electrons. The number of nitrogens with two attached hydrogens (primary N) is 1. The Hall–Kier alpha value is -0.970. The van der Waals surface area contributed by atoms with Crippen molar-refractivity contribution in [2.24, 2.45) is 5.73 Å². The van der Waals surface area contributed by atoms with E-state index >= 15 is 0 Å². The first-order valence-corrected chi connectivity index (χ1v) is 5.01. The fraction of sp³-hybridized carbons (Fsp3) is 0.455. The van der Waals surface area contributed by atoms with Crippen LogP contribution in [0.5, 0.6) is 0 Å². The second kappa shape index (κ2) is 4.26. The second-order valence-corrected chi connectivity index (χ2v) is 3.50. The van der Waals surface area contributed by atoms with Gasteiger partial charge in [-0.15, -0.1) is 0 Å². The zero-order valence-electron chi connectivity index (χ0n) is 8.41. The predicted molar refractivity (Wildman–Crippen MR) is 53.7 cm³/mol. The molecule has 1 aliphatic rings. The highest BCUT2D eigenvalue weighted by atomic mass is 19.1. The summed E-state index contributed by atoms with van der Waals surface area (Å²) < 4.78 is 23.9. The van der Waals surface area contributed by atoms with Crippen molar-refractivity contribution in [3.05, 3.63) is 35.6 Å². The number of benzene rings is 1. The summed E-state index contributed by atoms with van der Waals surface area (Å²) in [5.74, 6) is -1.03. The molecule has 1 saturated heterocycles. The minimum Gasteiger partial charge on any atom is -0.343 e. The van der Waals surface area contributed by atoms with Crippen molar-refractivity contribution in [2.75, 3.05) is 19.8 Å². The predicted octanol–water partition coefficient (Wildman–Crippen LogP) is 1.37. The standard InChI is InChI=1S/C11H14FNO2/c12-10-3-1-9(2-4-10)11(5-6-13)14-7-8-15-11/h1-4H,5-8,13H2. The highest BCUT2D eigenvalue weighted by Crippen LogP contribution is 2.34. The molecule has 0 aromatic heterocycles. The highest BCUT2D eigenvalue weighted by molar-refractivity contribution is 5.22. The Kier molecular flexibility index (Phi) is 3.00. The van der Waals surface area contributed by atoms with Crippen molar-refractivity contribution in [1.29, 1.82) is 0 Å². The normalized spacial score (nSPS) is 19.3. The van der Waals surface area contributed by atoms with Crippen molar-refractivity contribution < 1.29 is 13.9 Å². The van der Waals surface area contributed by atoms with Gasteiger partial charge in [-0.05, 0) is 18.7 Å². The van der Waals surface area contributed by atoms with Crippen molar-refractivity contribution >= 4 is 0 Å². The lowest BCUT2D eigenvalue weighted by atomic mass is 10.0. The van der Waals surface area contributed by atoms with Gasteiger partial charge >= 0.3 is 0 Å². The molecule has 82 valence electrons. The van der Waals surface area contributed by atoms with Crippen LogP contribution in [0.4, 0.5) is 4.39 Å². The molecule has 15 heavy (non-hydrogen) atoms. The molecule has 1 aromatic rings. The van der Waals surface area contributed by atoms with E-state index in [4.69, 9.17) is 15.2 Å². The maximum atomic E-state index is 12.8. The smallest absolute Gasteiger partial charge is 0.196 e. The lowest BCUT2D eigenvalue weighted by Crippen LogP contribution is -2.30. The molecule has 0 unspecified atom stereocenters. The van der Waals surface area contributed by atoms with Crippen LogP contribution in [-0.4, -0.2) is 19.8 Å². The van der Waals surface area contributed by atoms with E-state index in [2.05, 4.69) is 0 Å². The van der Waals surface area contributed by atoms with E-state index in [0.717, 1.165) is 5.56 Å². The Morgan fingerprint density at radius 3 is 2.33 bits per heavy atom. The third kappa shape index (κ3) is 2.02. The maximum absolute atomic E-state index is 12.8.